The van der Waals surface area contributed by atoms with Gasteiger partial charge < -0.3 is 5.11 Å². The molecular weight excluding hydrogens is 214 g/mol. The van der Waals surface area contributed by atoms with Gasteiger partial charge in [-0.25, -0.2) is 12.7 Å². The van der Waals surface area contributed by atoms with Gasteiger partial charge in [0, 0.05) is 25.1 Å². The Kier molecular flexibility index (Phi) is 3.22. The molecule has 0 aliphatic carbocycles. The summed E-state index contributed by atoms with van der Waals surface area (Å²) < 4.78 is 24.0. The highest BCUT2D eigenvalue weighted by atomic mass is 35.5. The minimum atomic E-state index is -3.29. The van der Waals surface area contributed by atoms with E-state index in [2.05, 4.69) is 0 Å². The largest absolute Gasteiger partial charge is 0.396 e. The van der Waals surface area contributed by atoms with Crippen molar-refractivity contribution in [2.75, 3.05) is 24.9 Å². The quantitative estimate of drug-likeness (QED) is 0.702. The van der Waals surface area contributed by atoms with Crippen LogP contribution in [0.15, 0.2) is 0 Å². The standard InChI is InChI=1S/C7H14ClNO3S/c1-7(5-10)2-3-9(4-7)13(11,12)6-8/h10H,2-6H2,1H3. The maximum absolute atomic E-state index is 11.3. The first-order valence-corrected chi connectivity index (χ1v) is 6.22. The third-order valence-corrected chi connectivity index (χ3v) is 4.64. The lowest BCUT2D eigenvalue weighted by Crippen LogP contribution is -2.33. The van der Waals surface area contributed by atoms with Crippen molar-refractivity contribution in [3.8, 4) is 0 Å². The van der Waals surface area contributed by atoms with Crippen LogP contribution in [-0.4, -0.2) is 42.7 Å². The zero-order chi connectivity index (χ0) is 10.1. The van der Waals surface area contributed by atoms with Gasteiger partial charge in [0.15, 0.2) is 0 Å². The van der Waals surface area contributed by atoms with Crippen molar-refractivity contribution in [1.82, 2.24) is 4.31 Å². The van der Waals surface area contributed by atoms with Crippen LogP contribution in [0.25, 0.3) is 0 Å². The molecule has 1 aliphatic rings. The molecule has 13 heavy (non-hydrogen) atoms. The highest BCUT2D eigenvalue weighted by Gasteiger charge is 2.38. The van der Waals surface area contributed by atoms with Gasteiger partial charge >= 0.3 is 0 Å². The second-order valence-electron chi connectivity index (χ2n) is 3.77. The van der Waals surface area contributed by atoms with Crippen molar-refractivity contribution < 1.29 is 13.5 Å². The van der Waals surface area contributed by atoms with Gasteiger partial charge in [-0.3, -0.25) is 0 Å². The van der Waals surface area contributed by atoms with E-state index in [1.54, 1.807) is 0 Å². The van der Waals surface area contributed by atoms with Crippen molar-refractivity contribution >= 4 is 21.6 Å². The molecule has 78 valence electrons. The Morgan fingerprint density at radius 1 is 1.62 bits per heavy atom. The van der Waals surface area contributed by atoms with Crippen LogP contribution in [0, 0.1) is 5.41 Å². The molecule has 0 spiro atoms. The fraction of sp³-hybridized carbons (Fsp3) is 1.00. The molecule has 0 radical (unpaired) electrons. The third kappa shape index (κ3) is 2.34. The van der Waals surface area contributed by atoms with E-state index >= 15 is 0 Å². The summed E-state index contributed by atoms with van der Waals surface area (Å²) in [6.45, 7) is 2.72. The Morgan fingerprint density at radius 3 is 2.62 bits per heavy atom. The number of nitrogens with zero attached hydrogens (tertiary/aromatic N) is 1. The summed E-state index contributed by atoms with van der Waals surface area (Å²) in [7, 11) is -3.29. The molecule has 1 unspecified atom stereocenters. The van der Waals surface area contributed by atoms with E-state index in [1.807, 2.05) is 6.92 Å². The Balaban J connectivity index is 2.71. The number of hydrogen-bond donors (Lipinski definition) is 1. The van der Waals surface area contributed by atoms with Crippen LogP contribution in [0.5, 0.6) is 0 Å². The highest BCUT2D eigenvalue weighted by Crippen LogP contribution is 2.30. The lowest BCUT2D eigenvalue weighted by Gasteiger charge is -2.20. The lowest BCUT2D eigenvalue weighted by molar-refractivity contribution is 0.155. The molecule has 1 aliphatic heterocycles. The molecule has 0 aromatic rings. The summed E-state index contributed by atoms with van der Waals surface area (Å²) >= 11 is 5.32. The molecule has 0 aromatic heterocycles. The van der Waals surface area contributed by atoms with E-state index in [9.17, 15) is 8.42 Å². The van der Waals surface area contributed by atoms with Crippen LogP contribution in [0.3, 0.4) is 0 Å². The lowest BCUT2D eigenvalue weighted by atomic mass is 9.91. The highest BCUT2D eigenvalue weighted by molar-refractivity contribution is 7.90. The zero-order valence-electron chi connectivity index (χ0n) is 7.53. The number of aliphatic hydroxyl groups is 1. The second-order valence-corrected chi connectivity index (χ2v) is 6.33. The molecule has 1 rings (SSSR count). The van der Waals surface area contributed by atoms with Gasteiger partial charge in [0.2, 0.25) is 10.0 Å². The normalized spacial score (nSPS) is 31.0. The molecule has 1 N–H and O–H groups in total. The molecule has 6 heteroatoms. The van der Waals surface area contributed by atoms with Gasteiger partial charge in [-0.1, -0.05) is 6.92 Å². The summed E-state index contributed by atoms with van der Waals surface area (Å²) in [4.78, 5) is 0. The topological polar surface area (TPSA) is 57.6 Å². The molecule has 1 heterocycles. The molecule has 0 saturated carbocycles. The van der Waals surface area contributed by atoms with Gasteiger partial charge in [0.25, 0.3) is 0 Å². The monoisotopic (exact) mass is 227 g/mol. The SMILES string of the molecule is CC1(CO)CCN(S(=O)(=O)CCl)C1. The first kappa shape index (κ1) is 11.2. The summed E-state index contributed by atoms with van der Waals surface area (Å²) in [6, 6.07) is 0. The first-order chi connectivity index (χ1) is 5.93. The van der Waals surface area contributed by atoms with Crippen LogP contribution >= 0.6 is 11.6 Å². The van der Waals surface area contributed by atoms with Crippen LogP contribution < -0.4 is 0 Å². The van der Waals surface area contributed by atoms with Crippen molar-refractivity contribution in [3.63, 3.8) is 0 Å². The van der Waals surface area contributed by atoms with Crippen molar-refractivity contribution in [2.24, 2.45) is 5.41 Å². The van der Waals surface area contributed by atoms with E-state index in [4.69, 9.17) is 16.7 Å². The van der Waals surface area contributed by atoms with Crippen LogP contribution in [0.4, 0.5) is 0 Å². The van der Waals surface area contributed by atoms with Crippen molar-refractivity contribution in [3.05, 3.63) is 0 Å². The van der Waals surface area contributed by atoms with Gasteiger partial charge in [-0.15, -0.1) is 11.6 Å². The first-order valence-electron chi connectivity index (χ1n) is 4.08. The van der Waals surface area contributed by atoms with Crippen LogP contribution in [0.2, 0.25) is 0 Å². The fourth-order valence-corrected chi connectivity index (χ4v) is 2.84. The number of hydrogen-bond acceptors (Lipinski definition) is 3. The molecule has 1 atom stereocenters. The van der Waals surface area contributed by atoms with Crippen LogP contribution in [-0.2, 0) is 10.0 Å². The predicted octanol–water partition coefficient (Wildman–Crippen LogP) is 0.217. The summed E-state index contributed by atoms with van der Waals surface area (Å²) in [5.41, 5.74) is -0.293. The second kappa shape index (κ2) is 3.73. The van der Waals surface area contributed by atoms with E-state index in [0.717, 1.165) is 0 Å². The summed E-state index contributed by atoms with van der Waals surface area (Å²) in [5.74, 6) is 0. The number of alkyl halides is 1. The number of rotatable bonds is 3. The molecule has 4 nitrogen and oxygen atoms in total. The number of halogens is 1. The molecule has 0 aromatic carbocycles. The Labute approximate surface area is 83.5 Å². The van der Waals surface area contributed by atoms with E-state index < -0.39 is 10.0 Å². The third-order valence-electron chi connectivity index (χ3n) is 2.44. The average Bonchev–Trinajstić information content (AvgIpc) is 2.50. The molecule has 0 amide bonds. The number of sulfonamides is 1. The van der Waals surface area contributed by atoms with Crippen LogP contribution in [0.1, 0.15) is 13.3 Å². The minimum absolute atomic E-state index is 0.0152. The average molecular weight is 228 g/mol. The van der Waals surface area contributed by atoms with E-state index in [1.165, 1.54) is 4.31 Å². The minimum Gasteiger partial charge on any atom is -0.396 e. The van der Waals surface area contributed by atoms with Gasteiger partial charge in [0.05, 0.1) is 0 Å². The van der Waals surface area contributed by atoms with Gasteiger partial charge in [-0.05, 0) is 6.42 Å². The summed E-state index contributed by atoms with van der Waals surface area (Å²) in [6.07, 6.45) is 0.694. The predicted molar refractivity (Wildman–Crippen MR) is 51.0 cm³/mol. The van der Waals surface area contributed by atoms with E-state index in [-0.39, 0.29) is 17.2 Å². The summed E-state index contributed by atoms with van der Waals surface area (Å²) in [5, 5.41) is 8.65. The smallest absolute Gasteiger partial charge is 0.228 e. The Morgan fingerprint density at radius 2 is 2.23 bits per heavy atom. The molecule has 1 saturated heterocycles. The number of aliphatic hydroxyl groups excluding tert-OH is 1. The maximum Gasteiger partial charge on any atom is 0.228 e. The Bertz CT molecular complexity index is 279. The zero-order valence-corrected chi connectivity index (χ0v) is 9.11. The van der Waals surface area contributed by atoms with Gasteiger partial charge in [-0.2, -0.15) is 0 Å². The molecule has 1 fully saturated rings. The molecular formula is C7H14ClNO3S. The molecule has 0 bridgehead atoms. The Hall–Kier alpha value is 0.160. The maximum atomic E-state index is 11.3. The van der Waals surface area contributed by atoms with Crippen molar-refractivity contribution in [1.29, 1.82) is 0 Å². The van der Waals surface area contributed by atoms with Gasteiger partial charge in [0.1, 0.15) is 5.21 Å². The van der Waals surface area contributed by atoms with E-state index in [0.29, 0.717) is 19.5 Å². The van der Waals surface area contributed by atoms with Crippen molar-refractivity contribution in [2.45, 2.75) is 13.3 Å². The fourth-order valence-electron chi connectivity index (χ4n) is 1.41.